The third-order valence-electron chi connectivity index (χ3n) is 16.5. The van der Waals surface area contributed by atoms with E-state index < -0.39 is 97.5 Å². The molecule has 5 atom stereocenters. The van der Waals surface area contributed by atoms with Crippen LogP contribution >= 0.6 is 15.6 Å². The van der Waals surface area contributed by atoms with E-state index >= 15 is 0 Å². The van der Waals surface area contributed by atoms with Crippen molar-refractivity contribution in [3.8, 4) is 0 Å². The van der Waals surface area contributed by atoms with Crippen LogP contribution in [-0.2, 0) is 65.4 Å². The summed E-state index contributed by atoms with van der Waals surface area (Å²) in [6.45, 7) is 9.49. The maximum absolute atomic E-state index is 13.0. The molecular weight excluding hydrogens is 1190 g/mol. The fourth-order valence-corrected chi connectivity index (χ4v) is 12.3. The minimum atomic E-state index is -4.95. The van der Waals surface area contributed by atoms with Crippen molar-refractivity contribution >= 4 is 39.5 Å². The highest BCUT2D eigenvalue weighted by Gasteiger charge is 2.30. The normalized spacial score (nSPS) is 14.1. The van der Waals surface area contributed by atoms with E-state index in [0.29, 0.717) is 25.7 Å². The van der Waals surface area contributed by atoms with Crippen LogP contribution in [0.1, 0.15) is 363 Å². The van der Waals surface area contributed by atoms with E-state index in [1.807, 2.05) is 0 Å². The van der Waals surface area contributed by atoms with Crippen LogP contribution in [0.4, 0.5) is 0 Å². The molecule has 534 valence electrons. The highest BCUT2D eigenvalue weighted by molar-refractivity contribution is 7.47. The predicted molar refractivity (Wildman–Crippen MR) is 363 cm³/mol. The number of ether oxygens (including phenoxy) is 4. The number of rotatable bonds is 70. The molecule has 0 rings (SSSR count). The summed E-state index contributed by atoms with van der Waals surface area (Å²) in [6, 6.07) is 0. The van der Waals surface area contributed by atoms with Gasteiger partial charge in [-0.1, -0.05) is 311 Å². The van der Waals surface area contributed by atoms with Crippen LogP contribution in [0.25, 0.3) is 0 Å². The molecule has 0 amide bonds. The second kappa shape index (κ2) is 63.1. The van der Waals surface area contributed by atoms with Gasteiger partial charge < -0.3 is 33.8 Å². The van der Waals surface area contributed by atoms with Gasteiger partial charge in [-0.05, 0) is 37.5 Å². The first-order valence-electron chi connectivity index (χ1n) is 37.0. The van der Waals surface area contributed by atoms with Crippen molar-refractivity contribution in [2.45, 2.75) is 381 Å². The molecular formula is C71H138O17P2. The lowest BCUT2D eigenvalue weighted by Crippen LogP contribution is -2.30. The van der Waals surface area contributed by atoms with Gasteiger partial charge in [-0.3, -0.25) is 37.3 Å². The van der Waals surface area contributed by atoms with Crippen LogP contribution < -0.4 is 0 Å². The molecule has 0 aromatic rings. The minimum Gasteiger partial charge on any atom is -0.462 e. The van der Waals surface area contributed by atoms with Crippen molar-refractivity contribution in [3.05, 3.63) is 0 Å². The topological polar surface area (TPSA) is 237 Å². The van der Waals surface area contributed by atoms with E-state index in [9.17, 15) is 43.2 Å². The van der Waals surface area contributed by atoms with Crippen molar-refractivity contribution in [2.24, 2.45) is 11.8 Å². The van der Waals surface area contributed by atoms with Crippen LogP contribution in [0.3, 0.4) is 0 Å². The molecule has 0 aromatic heterocycles. The molecule has 2 unspecified atom stereocenters. The zero-order valence-corrected chi connectivity index (χ0v) is 60.2. The lowest BCUT2D eigenvalue weighted by molar-refractivity contribution is -0.161. The third kappa shape index (κ3) is 64.8. The fourth-order valence-electron chi connectivity index (χ4n) is 10.8. The Labute approximate surface area is 549 Å². The lowest BCUT2D eigenvalue weighted by atomic mass is 10.0. The number of aliphatic hydroxyl groups is 1. The van der Waals surface area contributed by atoms with E-state index in [1.54, 1.807) is 0 Å². The average molecular weight is 1330 g/mol. The fraction of sp³-hybridized carbons (Fsp3) is 0.944. The maximum atomic E-state index is 13.0. The molecule has 0 aliphatic rings. The third-order valence-corrected chi connectivity index (χ3v) is 18.4. The van der Waals surface area contributed by atoms with Crippen LogP contribution in [0.15, 0.2) is 0 Å². The highest BCUT2D eigenvalue weighted by Crippen LogP contribution is 2.45. The molecule has 0 bridgehead atoms. The first kappa shape index (κ1) is 88.1. The van der Waals surface area contributed by atoms with E-state index in [1.165, 1.54) is 173 Å². The molecule has 3 N–H and O–H groups in total. The predicted octanol–water partition coefficient (Wildman–Crippen LogP) is 20.4. The average Bonchev–Trinajstić information content (AvgIpc) is 2.46. The summed E-state index contributed by atoms with van der Waals surface area (Å²) in [5, 5.41) is 10.6. The lowest BCUT2D eigenvalue weighted by Gasteiger charge is -2.21. The first-order chi connectivity index (χ1) is 43.4. The number of hydrogen-bond acceptors (Lipinski definition) is 15. The standard InChI is InChI=1S/C71H138O17P2/c1-7-9-11-13-15-17-18-19-20-21-22-23-24-25-30-37-43-49-55-70(75)87-67(60-82-69(74)54-48-42-36-31-26-28-33-39-45-51-63(3)4)62-86-90(79,80)84-58-65(72)57-83-89(77,78)85-61-66(59-81-68(73)53-47-41-35-16-14-12-10-8-2)88-71(76)56-50-44-38-32-27-29-34-40-46-52-64(5)6/h63-67,72H,7-62H2,1-6H3,(H,77,78)(H,79,80)/t65-,66+,67+/m0/s1. The number of carbonyl (C=O) groups is 4. The SMILES string of the molecule is CCCCCCCCCCCCCCCCCCCCC(=O)O[C@H](COC(=O)CCCCCCCCCCCC(C)C)COP(=O)(O)OC[C@@H](O)COP(=O)(O)OC[C@@H](COC(=O)CCCCCCCCCC)OC(=O)CCCCCCCCCCCC(C)C. The molecule has 0 saturated carbocycles. The van der Waals surface area contributed by atoms with Crippen LogP contribution in [0.2, 0.25) is 0 Å². The Bertz CT molecular complexity index is 1750. The number of carbonyl (C=O) groups excluding carboxylic acids is 4. The van der Waals surface area contributed by atoms with Crippen molar-refractivity contribution in [1.82, 2.24) is 0 Å². The van der Waals surface area contributed by atoms with Crippen LogP contribution in [-0.4, -0.2) is 96.7 Å². The van der Waals surface area contributed by atoms with Gasteiger partial charge in [0.25, 0.3) is 0 Å². The first-order valence-corrected chi connectivity index (χ1v) is 40.0. The smallest absolute Gasteiger partial charge is 0.462 e. The van der Waals surface area contributed by atoms with Crippen molar-refractivity contribution < 1.29 is 80.2 Å². The molecule has 0 aliphatic carbocycles. The number of phosphoric ester groups is 2. The van der Waals surface area contributed by atoms with Gasteiger partial charge in [-0.25, -0.2) is 9.13 Å². The molecule has 0 aliphatic heterocycles. The van der Waals surface area contributed by atoms with Gasteiger partial charge in [0.15, 0.2) is 12.2 Å². The molecule has 0 aromatic carbocycles. The van der Waals surface area contributed by atoms with Gasteiger partial charge in [-0.15, -0.1) is 0 Å². The zero-order chi connectivity index (χ0) is 66.5. The highest BCUT2D eigenvalue weighted by atomic mass is 31.2. The molecule has 0 heterocycles. The number of unbranched alkanes of at least 4 members (excludes halogenated alkanes) is 40. The Balaban J connectivity index is 5.20. The summed E-state index contributed by atoms with van der Waals surface area (Å²) in [6.07, 6.45) is 48.7. The molecule has 0 spiro atoms. The second-order valence-electron chi connectivity index (χ2n) is 26.6. The Kier molecular flexibility index (Phi) is 61.8. The number of phosphoric acid groups is 2. The number of esters is 4. The summed E-state index contributed by atoms with van der Waals surface area (Å²) in [7, 11) is -9.90. The molecule has 19 heteroatoms. The van der Waals surface area contributed by atoms with E-state index in [-0.39, 0.29) is 25.7 Å². The quantitative estimate of drug-likeness (QED) is 0.0222. The maximum Gasteiger partial charge on any atom is 0.472 e. The summed E-state index contributed by atoms with van der Waals surface area (Å²) < 4.78 is 68.3. The van der Waals surface area contributed by atoms with Crippen LogP contribution in [0, 0.1) is 11.8 Å². The molecule has 0 saturated heterocycles. The Morgan fingerprint density at radius 2 is 0.511 bits per heavy atom. The number of aliphatic hydroxyl groups excluding tert-OH is 1. The van der Waals surface area contributed by atoms with Crippen molar-refractivity contribution in [1.29, 1.82) is 0 Å². The molecule has 17 nitrogen and oxygen atoms in total. The summed E-state index contributed by atoms with van der Waals surface area (Å²) in [4.78, 5) is 72.5. The zero-order valence-electron chi connectivity index (χ0n) is 58.4. The second-order valence-corrected chi connectivity index (χ2v) is 29.5. The van der Waals surface area contributed by atoms with Crippen molar-refractivity contribution in [2.75, 3.05) is 39.6 Å². The Morgan fingerprint density at radius 3 is 0.756 bits per heavy atom. The monoisotopic (exact) mass is 1320 g/mol. The van der Waals surface area contributed by atoms with E-state index in [4.69, 9.17) is 37.0 Å². The molecule has 90 heavy (non-hydrogen) atoms. The minimum absolute atomic E-state index is 0.105. The van der Waals surface area contributed by atoms with Gasteiger partial charge in [0.05, 0.1) is 26.4 Å². The Morgan fingerprint density at radius 1 is 0.300 bits per heavy atom. The summed E-state index contributed by atoms with van der Waals surface area (Å²) >= 11 is 0. The summed E-state index contributed by atoms with van der Waals surface area (Å²) in [5.74, 6) is -0.645. The van der Waals surface area contributed by atoms with Gasteiger partial charge in [0.2, 0.25) is 0 Å². The largest absolute Gasteiger partial charge is 0.472 e. The van der Waals surface area contributed by atoms with Crippen molar-refractivity contribution in [3.63, 3.8) is 0 Å². The van der Waals surface area contributed by atoms with Gasteiger partial charge in [-0.2, -0.15) is 0 Å². The molecule has 0 radical (unpaired) electrons. The summed E-state index contributed by atoms with van der Waals surface area (Å²) in [5.41, 5.74) is 0. The van der Waals surface area contributed by atoms with E-state index in [0.717, 1.165) is 108 Å². The molecule has 0 fully saturated rings. The van der Waals surface area contributed by atoms with Gasteiger partial charge in [0.1, 0.15) is 19.3 Å². The Hall–Kier alpha value is -1.94. The number of hydrogen-bond donors (Lipinski definition) is 3. The van der Waals surface area contributed by atoms with Crippen LogP contribution in [0.5, 0.6) is 0 Å². The van der Waals surface area contributed by atoms with Gasteiger partial charge >= 0.3 is 39.5 Å². The van der Waals surface area contributed by atoms with E-state index in [2.05, 4.69) is 41.5 Å². The van der Waals surface area contributed by atoms with Gasteiger partial charge in [0, 0.05) is 25.7 Å².